The maximum Gasteiger partial charge on any atom is 0.123 e. The zero-order chi connectivity index (χ0) is 13.1. The predicted molar refractivity (Wildman–Crippen MR) is 71.7 cm³/mol. The molecule has 0 spiro atoms. The Bertz CT molecular complexity index is 409. The van der Waals surface area contributed by atoms with E-state index in [2.05, 4.69) is 24.2 Å². The molecular weight excluding hydrogens is 228 g/mol. The minimum Gasteiger partial charge on any atom is -0.508 e. The summed E-state index contributed by atoms with van der Waals surface area (Å²) in [5.74, 6) is 0.257. The molecule has 0 aliphatic carbocycles. The Hall–Kier alpha value is -1.26. The number of phenolic OH excluding ortho intramolecular Hbond substituents is 2. The highest BCUT2D eigenvalue weighted by Gasteiger charge is 2.22. The predicted octanol–water partition coefficient (Wildman–Crippen LogP) is 1.67. The molecule has 3 N–H and O–H groups in total. The smallest absolute Gasteiger partial charge is 0.123 e. The van der Waals surface area contributed by atoms with Crippen LogP contribution in [0.2, 0.25) is 0 Å². The highest BCUT2D eigenvalue weighted by Crippen LogP contribution is 2.23. The largest absolute Gasteiger partial charge is 0.508 e. The molecule has 18 heavy (non-hydrogen) atoms. The first-order chi connectivity index (χ1) is 8.56. The molecule has 1 aromatic rings. The normalized spacial score (nSPS) is 25.2. The zero-order valence-electron chi connectivity index (χ0n) is 11.1. The second-order valence-corrected chi connectivity index (χ2v) is 5.24. The van der Waals surface area contributed by atoms with E-state index in [9.17, 15) is 10.2 Å². The van der Waals surface area contributed by atoms with Crippen LogP contribution in [-0.4, -0.2) is 40.8 Å². The molecule has 1 aliphatic heterocycles. The highest BCUT2D eigenvalue weighted by atomic mass is 16.3. The van der Waals surface area contributed by atoms with Gasteiger partial charge in [-0.1, -0.05) is 6.07 Å². The SMILES string of the molecule is CC1CC(NCc2ccc(O)cc2O)CCN1C. The number of hydrogen-bond donors (Lipinski definition) is 3. The lowest BCUT2D eigenvalue weighted by atomic mass is 9.98. The Balaban J connectivity index is 1.88. The Morgan fingerprint density at radius 1 is 1.39 bits per heavy atom. The van der Waals surface area contributed by atoms with Crippen molar-refractivity contribution in [1.82, 2.24) is 10.2 Å². The summed E-state index contributed by atoms with van der Waals surface area (Å²) >= 11 is 0. The molecule has 100 valence electrons. The molecule has 0 radical (unpaired) electrons. The summed E-state index contributed by atoms with van der Waals surface area (Å²) < 4.78 is 0. The van der Waals surface area contributed by atoms with Crippen LogP contribution in [0.1, 0.15) is 25.3 Å². The third-order valence-corrected chi connectivity index (χ3v) is 3.86. The second-order valence-electron chi connectivity index (χ2n) is 5.24. The van der Waals surface area contributed by atoms with Gasteiger partial charge in [0, 0.05) is 30.3 Å². The Labute approximate surface area is 108 Å². The fraction of sp³-hybridized carbons (Fsp3) is 0.571. The minimum absolute atomic E-state index is 0.101. The maximum atomic E-state index is 9.71. The number of aromatic hydroxyl groups is 2. The zero-order valence-corrected chi connectivity index (χ0v) is 11.1. The van der Waals surface area contributed by atoms with Crippen molar-refractivity contribution in [2.75, 3.05) is 13.6 Å². The molecular formula is C14H22N2O2. The van der Waals surface area contributed by atoms with E-state index in [1.165, 1.54) is 6.07 Å². The number of piperidine rings is 1. The van der Waals surface area contributed by atoms with Gasteiger partial charge in [-0.25, -0.2) is 0 Å². The third-order valence-electron chi connectivity index (χ3n) is 3.86. The fourth-order valence-electron chi connectivity index (χ4n) is 2.43. The van der Waals surface area contributed by atoms with Crippen molar-refractivity contribution in [3.05, 3.63) is 23.8 Å². The van der Waals surface area contributed by atoms with Crippen molar-refractivity contribution < 1.29 is 10.2 Å². The summed E-state index contributed by atoms with van der Waals surface area (Å²) in [7, 11) is 2.16. The Morgan fingerprint density at radius 3 is 2.83 bits per heavy atom. The minimum atomic E-state index is 0.101. The lowest BCUT2D eigenvalue weighted by Crippen LogP contribution is -2.45. The van der Waals surface area contributed by atoms with Crippen molar-refractivity contribution in [3.8, 4) is 11.5 Å². The van der Waals surface area contributed by atoms with Crippen molar-refractivity contribution in [1.29, 1.82) is 0 Å². The average Bonchev–Trinajstić information content (AvgIpc) is 2.32. The Kier molecular flexibility index (Phi) is 4.09. The van der Waals surface area contributed by atoms with Crippen LogP contribution in [0.4, 0.5) is 0 Å². The van der Waals surface area contributed by atoms with Crippen molar-refractivity contribution in [3.63, 3.8) is 0 Å². The van der Waals surface area contributed by atoms with Crippen LogP contribution in [0.3, 0.4) is 0 Å². The van der Waals surface area contributed by atoms with Gasteiger partial charge < -0.3 is 20.4 Å². The number of rotatable bonds is 3. The summed E-state index contributed by atoms with van der Waals surface area (Å²) in [6.45, 7) is 4.00. The molecule has 2 unspecified atom stereocenters. The number of nitrogens with one attached hydrogen (secondary N) is 1. The van der Waals surface area contributed by atoms with Crippen LogP contribution in [-0.2, 0) is 6.54 Å². The first kappa shape index (κ1) is 13.2. The van der Waals surface area contributed by atoms with Crippen LogP contribution < -0.4 is 5.32 Å². The molecule has 0 aromatic heterocycles. The molecule has 2 rings (SSSR count). The van der Waals surface area contributed by atoms with Crippen molar-refractivity contribution in [2.45, 2.75) is 38.4 Å². The lowest BCUT2D eigenvalue weighted by molar-refractivity contribution is 0.168. The number of hydrogen-bond acceptors (Lipinski definition) is 4. The van der Waals surface area contributed by atoms with E-state index in [1.807, 2.05) is 0 Å². The highest BCUT2D eigenvalue weighted by molar-refractivity contribution is 5.38. The van der Waals surface area contributed by atoms with Gasteiger partial charge >= 0.3 is 0 Å². The first-order valence-electron chi connectivity index (χ1n) is 6.50. The molecule has 1 heterocycles. The van der Waals surface area contributed by atoms with E-state index < -0.39 is 0 Å². The topological polar surface area (TPSA) is 55.7 Å². The van der Waals surface area contributed by atoms with Gasteiger partial charge in [-0.15, -0.1) is 0 Å². The molecule has 1 fully saturated rings. The summed E-state index contributed by atoms with van der Waals surface area (Å²) in [6, 6.07) is 5.85. The Morgan fingerprint density at radius 2 is 2.17 bits per heavy atom. The van der Waals surface area contributed by atoms with E-state index in [1.54, 1.807) is 12.1 Å². The van der Waals surface area contributed by atoms with Crippen molar-refractivity contribution in [2.24, 2.45) is 0 Å². The van der Waals surface area contributed by atoms with Crippen LogP contribution in [0.5, 0.6) is 11.5 Å². The van der Waals surface area contributed by atoms with Crippen molar-refractivity contribution >= 4 is 0 Å². The van der Waals surface area contributed by atoms with Gasteiger partial charge in [0.2, 0.25) is 0 Å². The summed E-state index contributed by atoms with van der Waals surface area (Å²) in [5.41, 5.74) is 0.833. The number of likely N-dealkylation sites (tertiary alicyclic amines) is 1. The standard InChI is InChI=1S/C14H22N2O2/c1-10-7-12(5-6-16(10)2)15-9-11-3-4-13(17)8-14(11)18/h3-4,8,10,12,15,17-18H,5-7,9H2,1-2H3. The molecule has 0 amide bonds. The van der Waals surface area contributed by atoms with Gasteiger partial charge in [0.15, 0.2) is 0 Å². The molecule has 1 aliphatic rings. The van der Waals surface area contributed by atoms with Crippen LogP contribution in [0, 0.1) is 0 Å². The van der Waals surface area contributed by atoms with Crippen LogP contribution in [0.15, 0.2) is 18.2 Å². The van der Waals surface area contributed by atoms with Gasteiger partial charge in [0.05, 0.1) is 0 Å². The maximum absolute atomic E-state index is 9.71. The summed E-state index contributed by atoms with van der Waals surface area (Å²) in [4.78, 5) is 2.37. The quantitative estimate of drug-likeness (QED) is 0.764. The van der Waals surface area contributed by atoms with Crippen LogP contribution in [0.25, 0.3) is 0 Å². The van der Waals surface area contributed by atoms with Crippen LogP contribution >= 0.6 is 0 Å². The number of phenols is 2. The van der Waals surface area contributed by atoms with E-state index in [0.29, 0.717) is 18.6 Å². The number of benzene rings is 1. The van der Waals surface area contributed by atoms with E-state index in [-0.39, 0.29) is 11.5 Å². The third kappa shape index (κ3) is 3.15. The lowest BCUT2D eigenvalue weighted by Gasteiger charge is -2.35. The molecule has 0 saturated carbocycles. The molecule has 4 heteroatoms. The van der Waals surface area contributed by atoms with Gasteiger partial charge in [0.1, 0.15) is 11.5 Å². The molecule has 1 saturated heterocycles. The summed E-state index contributed by atoms with van der Waals surface area (Å²) in [5, 5.41) is 22.4. The monoisotopic (exact) mass is 250 g/mol. The van der Waals surface area contributed by atoms with E-state index in [4.69, 9.17) is 0 Å². The van der Waals surface area contributed by atoms with E-state index in [0.717, 1.165) is 24.9 Å². The van der Waals surface area contributed by atoms with Gasteiger partial charge in [0.25, 0.3) is 0 Å². The molecule has 1 aromatic carbocycles. The molecule has 4 nitrogen and oxygen atoms in total. The number of nitrogens with zero attached hydrogens (tertiary/aromatic N) is 1. The summed E-state index contributed by atoms with van der Waals surface area (Å²) in [6.07, 6.45) is 2.27. The van der Waals surface area contributed by atoms with Gasteiger partial charge in [-0.3, -0.25) is 0 Å². The molecule has 2 atom stereocenters. The average molecular weight is 250 g/mol. The van der Waals surface area contributed by atoms with Gasteiger partial charge in [-0.05, 0) is 39.4 Å². The molecule has 0 bridgehead atoms. The van der Waals surface area contributed by atoms with Gasteiger partial charge in [-0.2, -0.15) is 0 Å². The first-order valence-corrected chi connectivity index (χ1v) is 6.50. The fourth-order valence-corrected chi connectivity index (χ4v) is 2.43. The van der Waals surface area contributed by atoms with E-state index >= 15 is 0 Å². The second kappa shape index (κ2) is 5.59.